The molecule has 2 rings (SSSR count). The molecule has 2 heterocycles. The van der Waals surface area contributed by atoms with Gasteiger partial charge in [-0.15, -0.1) is 0 Å². The standard InChI is InChI=1S/C17H30N4/c1-3-20-12-7-9-17(15-18,10-13-20)21(4-2)14-16-8-5-6-11-19-16/h5-6,8,11H,3-4,7,9-10,12-15,18H2,1-2H3. The molecule has 0 amide bonds. The summed E-state index contributed by atoms with van der Waals surface area (Å²) < 4.78 is 0. The summed E-state index contributed by atoms with van der Waals surface area (Å²) in [4.78, 5) is 9.59. The number of likely N-dealkylation sites (N-methyl/N-ethyl adjacent to an activating group) is 1. The predicted octanol–water partition coefficient (Wildman–Crippen LogP) is 2.11. The average molecular weight is 290 g/mol. The lowest BCUT2D eigenvalue weighted by molar-refractivity contribution is 0.0745. The highest BCUT2D eigenvalue weighted by Crippen LogP contribution is 2.29. The zero-order chi connectivity index (χ0) is 15.1. The molecule has 1 aromatic rings. The van der Waals surface area contributed by atoms with Gasteiger partial charge in [0.25, 0.3) is 0 Å². The van der Waals surface area contributed by atoms with E-state index < -0.39 is 0 Å². The highest BCUT2D eigenvalue weighted by Gasteiger charge is 2.36. The molecule has 1 saturated heterocycles. The number of pyridine rings is 1. The minimum Gasteiger partial charge on any atom is -0.329 e. The second-order valence-electron chi connectivity index (χ2n) is 6.05. The maximum Gasteiger partial charge on any atom is 0.0544 e. The number of hydrogen-bond donors (Lipinski definition) is 1. The number of hydrogen-bond acceptors (Lipinski definition) is 4. The van der Waals surface area contributed by atoms with Gasteiger partial charge in [-0.3, -0.25) is 9.88 Å². The van der Waals surface area contributed by atoms with Crippen LogP contribution < -0.4 is 5.73 Å². The van der Waals surface area contributed by atoms with Gasteiger partial charge < -0.3 is 10.6 Å². The van der Waals surface area contributed by atoms with Gasteiger partial charge in [0, 0.05) is 24.8 Å². The molecule has 1 aliphatic rings. The molecule has 21 heavy (non-hydrogen) atoms. The monoisotopic (exact) mass is 290 g/mol. The van der Waals surface area contributed by atoms with E-state index in [1.54, 1.807) is 0 Å². The second-order valence-corrected chi connectivity index (χ2v) is 6.05. The number of rotatable bonds is 6. The van der Waals surface area contributed by atoms with Gasteiger partial charge in [-0.25, -0.2) is 0 Å². The lowest BCUT2D eigenvalue weighted by Crippen LogP contribution is -2.54. The average Bonchev–Trinajstić information content (AvgIpc) is 2.76. The Labute approximate surface area is 129 Å². The third kappa shape index (κ3) is 4.02. The molecule has 0 bridgehead atoms. The van der Waals surface area contributed by atoms with Gasteiger partial charge in [-0.2, -0.15) is 0 Å². The van der Waals surface area contributed by atoms with Crippen LogP contribution in [-0.4, -0.2) is 53.0 Å². The van der Waals surface area contributed by atoms with E-state index in [1.807, 2.05) is 12.3 Å². The van der Waals surface area contributed by atoms with Crippen molar-refractivity contribution in [2.75, 3.05) is 32.7 Å². The summed E-state index contributed by atoms with van der Waals surface area (Å²) in [6, 6.07) is 6.16. The number of nitrogens with two attached hydrogens (primary N) is 1. The highest BCUT2D eigenvalue weighted by atomic mass is 15.2. The van der Waals surface area contributed by atoms with Gasteiger partial charge in [0.2, 0.25) is 0 Å². The minimum atomic E-state index is 0.135. The Balaban J connectivity index is 2.12. The number of likely N-dealkylation sites (tertiary alicyclic amines) is 1. The van der Waals surface area contributed by atoms with E-state index in [2.05, 4.69) is 40.8 Å². The van der Waals surface area contributed by atoms with Gasteiger partial charge in [0.1, 0.15) is 0 Å². The first-order chi connectivity index (χ1) is 10.2. The zero-order valence-corrected chi connectivity index (χ0v) is 13.6. The Morgan fingerprint density at radius 3 is 2.76 bits per heavy atom. The largest absolute Gasteiger partial charge is 0.329 e. The van der Waals surface area contributed by atoms with Crippen molar-refractivity contribution < 1.29 is 0 Å². The van der Waals surface area contributed by atoms with Crippen LogP contribution in [0.1, 0.15) is 38.8 Å². The van der Waals surface area contributed by atoms with Crippen LogP contribution in [0.4, 0.5) is 0 Å². The fourth-order valence-electron chi connectivity index (χ4n) is 3.50. The molecule has 2 N–H and O–H groups in total. The first kappa shape index (κ1) is 16.4. The third-order valence-corrected chi connectivity index (χ3v) is 4.97. The van der Waals surface area contributed by atoms with E-state index in [0.717, 1.165) is 44.8 Å². The second kappa shape index (κ2) is 7.87. The van der Waals surface area contributed by atoms with E-state index in [4.69, 9.17) is 5.73 Å². The quantitative estimate of drug-likeness (QED) is 0.871. The summed E-state index contributed by atoms with van der Waals surface area (Å²) in [5.41, 5.74) is 7.52. The van der Waals surface area contributed by atoms with Gasteiger partial charge in [0.15, 0.2) is 0 Å². The molecule has 0 saturated carbocycles. The molecule has 4 nitrogen and oxygen atoms in total. The predicted molar refractivity (Wildman–Crippen MR) is 88.1 cm³/mol. The zero-order valence-electron chi connectivity index (χ0n) is 13.6. The van der Waals surface area contributed by atoms with Crippen LogP contribution in [0, 0.1) is 0 Å². The molecule has 1 aromatic heterocycles. The topological polar surface area (TPSA) is 45.4 Å². The van der Waals surface area contributed by atoms with Crippen molar-refractivity contribution >= 4 is 0 Å². The number of nitrogens with zero attached hydrogens (tertiary/aromatic N) is 3. The first-order valence-corrected chi connectivity index (χ1v) is 8.31. The maximum atomic E-state index is 6.24. The van der Waals surface area contributed by atoms with Gasteiger partial charge in [-0.1, -0.05) is 19.9 Å². The van der Waals surface area contributed by atoms with Crippen LogP contribution in [0.15, 0.2) is 24.4 Å². The fraction of sp³-hybridized carbons (Fsp3) is 0.706. The van der Waals surface area contributed by atoms with Crippen molar-refractivity contribution in [1.29, 1.82) is 0 Å². The van der Waals surface area contributed by atoms with Crippen molar-refractivity contribution in [3.05, 3.63) is 30.1 Å². The first-order valence-electron chi connectivity index (χ1n) is 8.31. The highest BCUT2D eigenvalue weighted by molar-refractivity contribution is 5.05. The molecule has 118 valence electrons. The van der Waals surface area contributed by atoms with Crippen LogP contribution in [-0.2, 0) is 6.54 Å². The third-order valence-electron chi connectivity index (χ3n) is 4.97. The number of aromatic nitrogens is 1. The summed E-state index contributed by atoms with van der Waals surface area (Å²) in [7, 11) is 0. The van der Waals surface area contributed by atoms with Crippen molar-refractivity contribution in [3.8, 4) is 0 Å². The molecule has 0 spiro atoms. The molecule has 0 aromatic carbocycles. The summed E-state index contributed by atoms with van der Waals surface area (Å²) in [6.07, 6.45) is 5.48. The summed E-state index contributed by atoms with van der Waals surface area (Å²) >= 11 is 0. The SMILES string of the molecule is CCN1CCCC(CN)(N(CC)Cc2ccccn2)CC1. The van der Waals surface area contributed by atoms with E-state index in [1.165, 1.54) is 19.4 Å². The molecular formula is C17H30N4. The fourth-order valence-corrected chi connectivity index (χ4v) is 3.50. The molecular weight excluding hydrogens is 260 g/mol. The molecule has 0 aliphatic carbocycles. The Bertz CT molecular complexity index is 409. The Morgan fingerprint density at radius 1 is 1.29 bits per heavy atom. The van der Waals surface area contributed by atoms with E-state index >= 15 is 0 Å². The van der Waals surface area contributed by atoms with Crippen LogP contribution in [0.25, 0.3) is 0 Å². The van der Waals surface area contributed by atoms with Crippen LogP contribution in [0.2, 0.25) is 0 Å². The van der Waals surface area contributed by atoms with E-state index in [9.17, 15) is 0 Å². The normalized spacial score (nSPS) is 24.2. The van der Waals surface area contributed by atoms with Crippen molar-refractivity contribution in [2.24, 2.45) is 5.73 Å². The van der Waals surface area contributed by atoms with Crippen LogP contribution in [0.3, 0.4) is 0 Å². The minimum absolute atomic E-state index is 0.135. The Morgan fingerprint density at radius 2 is 2.14 bits per heavy atom. The smallest absolute Gasteiger partial charge is 0.0544 e. The van der Waals surface area contributed by atoms with Gasteiger partial charge in [-0.05, 0) is 57.6 Å². The summed E-state index contributed by atoms with van der Waals surface area (Å²) in [5.74, 6) is 0. The van der Waals surface area contributed by atoms with Gasteiger partial charge >= 0.3 is 0 Å². The summed E-state index contributed by atoms with van der Waals surface area (Å²) in [5, 5.41) is 0. The molecule has 4 heteroatoms. The van der Waals surface area contributed by atoms with E-state index in [0.29, 0.717) is 0 Å². The van der Waals surface area contributed by atoms with Crippen molar-refractivity contribution in [3.63, 3.8) is 0 Å². The molecule has 1 fully saturated rings. The van der Waals surface area contributed by atoms with Crippen molar-refractivity contribution in [2.45, 2.75) is 45.2 Å². The molecule has 1 unspecified atom stereocenters. The molecule has 1 aliphatic heterocycles. The molecule has 0 radical (unpaired) electrons. The van der Waals surface area contributed by atoms with Gasteiger partial charge in [0.05, 0.1) is 5.69 Å². The van der Waals surface area contributed by atoms with E-state index in [-0.39, 0.29) is 5.54 Å². The maximum absolute atomic E-state index is 6.24. The van der Waals surface area contributed by atoms with Crippen molar-refractivity contribution in [1.82, 2.24) is 14.8 Å². The Hall–Kier alpha value is -0.970. The Kier molecular flexibility index (Phi) is 6.15. The summed E-state index contributed by atoms with van der Waals surface area (Å²) in [6.45, 7) is 10.7. The van der Waals surface area contributed by atoms with Crippen LogP contribution >= 0.6 is 0 Å². The lowest BCUT2D eigenvalue weighted by Gasteiger charge is -2.42. The van der Waals surface area contributed by atoms with Crippen LogP contribution in [0.5, 0.6) is 0 Å². The lowest BCUT2D eigenvalue weighted by atomic mass is 9.88. The molecule has 1 atom stereocenters.